The summed E-state index contributed by atoms with van der Waals surface area (Å²) in [6, 6.07) is 2.04. The molecule has 0 aromatic heterocycles. The average Bonchev–Trinajstić information content (AvgIpc) is 2.72. The number of carbonyl (C=O) groups is 1. The Morgan fingerprint density at radius 1 is 1.53 bits per heavy atom. The zero-order chi connectivity index (χ0) is 11.1. The summed E-state index contributed by atoms with van der Waals surface area (Å²) < 4.78 is 4.85. The fourth-order valence-electron chi connectivity index (χ4n) is 2.18. The maximum atomic E-state index is 11.3. The van der Waals surface area contributed by atoms with Gasteiger partial charge in [0.15, 0.2) is 0 Å². The minimum absolute atomic E-state index is 0.349. The van der Waals surface area contributed by atoms with Crippen LogP contribution in [-0.4, -0.2) is 12.6 Å². The minimum atomic E-state index is -0.550. The Labute approximate surface area is 91.4 Å². The summed E-state index contributed by atoms with van der Waals surface area (Å²) in [5.41, 5.74) is 0. The van der Waals surface area contributed by atoms with E-state index in [0.717, 1.165) is 12.3 Å². The van der Waals surface area contributed by atoms with Crippen LogP contribution in [0.4, 0.5) is 0 Å². The number of nitriles is 1. The summed E-state index contributed by atoms with van der Waals surface area (Å²) in [7, 11) is 0. The molecule has 15 heavy (non-hydrogen) atoms. The van der Waals surface area contributed by atoms with Crippen molar-refractivity contribution in [2.75, 3.05) is 6.61 Å². The molecule has 0 amide bonds. The molecule has 0 aromatic rings. The van der Waals surface area contributed by atoms with Gasteiger partial charge >= 0.3 is 5.97 Å². The third kappa shape index (κ3) is 3.91. The van der Waals surface area contributed by atoms with E-state index >= 15 is 0 Å². The Morgan fingerprint density at radius 3 is 2.73 bits per heavy atom. The SMILES string of the molecule is CCOC(=O)C(C#N)CCC1CCCC1. The zero-order valence-electron chi connectivity index (χ0n) is 9.37. The molecule has 0 aromatic carbocycles. The van der Waals surface area contributed by atoms with Crippen LogP contribution in [-0.2, 0) is 9.53 Å². The van der Waals surface area contributed by atoms with Crippen molar-refractivity contribution in [3.8, 4) is 6.07 Å². The van der Waals surface area contributed by atoms with Gasteiger partial charge in [-0.05, 0) is 25.7 Å². The van der Waals surface area contributed by atoms with Gasteiger partial charge in [-0.1, -0.05) is 25.7 Å². The first-order valence-electron chi connectivity index (χ1n) is 5.84. The van der Waals surface area contributed by atoms with E-state index in [1.54, 1.807) is 6.92 Å². The normalized spacial score (nSPS) is 18.4. The number of rotatable bonds is 5. The van der Waals surface area contributed by atoms with E-state index in [1.807, 2.05) is 6.07 Å². The molecule has 0 aliphatic heterocycles. The van der Waals surface area contributed by atoms with Gasteiger partial charge in [0.05, 0.1) is 12.7 Å². The van der Waals surface area contributed by atoms with Crippen LogP contribution in [0.2, 0.25) is 0 Å². The lowest BCUT2D eigenvalue weighted by Crippen LogP contribution is -2.17. The van der Waals surface area contributed by atoms with Gasteiger partial charge < -0.3 is 4.74 Å². The van der Waals surface area contributed by atoms with Gasteiger partial charge in [-0.3, -0.25) is 4.79 Å². The first kappa shape index (κ1) is 12.0. The van der Waals surface area contributed by atoms with E-state index in [2.05, 4.69) is 0 Å². The van der Waals surface area contributed by atoms with Crippen LogP contribution >= 0.6 is 0 Å². The fraction of sp³-hybridized carbons (Fsp3) is 0.833. The minimum Gasteiger partial charge on any atom is -0.465 e. The molecule has 1 fully saturated rings. The van der Waals surface area contributed by atoms with Gasteiger partial charge in [0.25, 0.3) is 0 Å². The fourth-order valence-corrected chi connectivity index (χ4v) is 2.18. The molecule has 0 radical (unpaired) electrons. The van der Waals surface area contributed by atoms with E-state index in [9.17, 15) is 4.79 Å². The van der Waals surface area contributed by atoms with E-state index in [1.165, 1.54) is 25.7 Å². The topological polar surface area (TPSA) is 50.1 Å². The molecule has 1 unspecified atom stereocenters. The molecule has 0 bridgehead atoms. The number of hydrogen-bond donors (Lipinski definition) is 0. The summed E-state index contributed by atoms with van der Waals surface area (Å²) in [4.78, 5) is 11.3. The molecule has 0 heterocycles. The van der Waals surface area contributed by atoms with Gasteiger partial charge in [-0.15, -0.1) is 0 Å². The summed E-state index contributed by atoms with van der Waals surface area (Å²) in [5.74, 6) is -0.168. The molecule has 0 saturated heterocycles. The lowest BCUT2D eigenvalue weighted by atomic mass is 9.95. The number of carbonyl (C=O) groups excluding carboxylic acids is 1. The smallest absolute Gasteiger partial charge is 0.323 e. The average molecular weight is 209 g/mol. The highest BCUT2D eigenvalue weighted by atomic mass is 16.5. The Kier molecular flexibility index (Phi) is 5.17. The second kappa shape index (κ2) is 6.44. The quantitative estimate of drug-likeness (QED) is 0.654. The van der Waals surface area contributed by atoms with Gasteiger partial charge in [-0.25, -0.2) is 0 Å². The van der Waals surface area contributed by atoms with Crippen molar-refractivity contribution in [2.45, 2.75) is 45.4 Å². The first-order chi connectivity index (χ1) is 7.27. The Balaban J connectivity index is 2.27. The standard InChI is InChI=1S/C12H19NO2/c1-2-15-12(14)11(9-13)8-7-10-5-3-4-6-10/h10-11H,2-8H2,1H3. The highest BCUT2D eigenvalue weighted by molar-refractivity contribution is 5.75. The van der Waals surface area contributed by atoms with Crippen molar-refractivity contribution >= 4 is 5.97 Å². The molecular weight excluding hydrogens is 190 g/mol. The van der Waals surface area contributed by atoms with Crippen molar-refractivity contribution in [1.82, 2.24) is 0 Å². The highest BCUT2D eigenvalue weighted by Gasteiger charge is 2.22. The zero-order valence-corrected chi connectivity index (χ0v) is 9.37. The molecule has 1 rings (SSSR count). The summed E-state index contributed by atoms with van der Waals surface area (Å²) in [5, 5.41) is 8.85. The van der Waals surface area contributed by atoms with Crippen LogP contribution in [0.1, 0.15) is 45.4 Å². The molecular formula is C12H19NO2. The third-order valence-corrected chi connectivity index (χ3v) is 3.07. The van der Waals surface area contributed by atoms with Crippen LogP contribution in [0, 0.1) is 23.2 Å². The van der Waals surface area contributed by atoms with Crippen LogP contribution in [0.3, 0.4) is 0 Å². The van der Waals surface area contributed by atoms with Crippen molar-refractivity contribution < 1.29 is 9.53 Å². The van der Waals surface area contributed by atoms with Crippen LogP contribution < -0.4 is 0 Å². The van der Waals surface area contributed by atoms with Crippen LogP contribution in [0.5, 0.6) is 0 Å². The maximum absolute atomic E-state index is 11.3. The Hall–Kier alpha value is -1.04. The third-order valence-electron chi connectivity index (χ3n) is 3.07. The van der Waals surface area contributed by atoms with Crippen molar-refractivity contribution in [3.05, 3.63) is 0 Å². The number of ether oxygens (including phenoxy) is 1. The second-order valence-corrected chi connectivity index (χ2v) is 4.16. The summed E-state index contributed by atoms with van der Waals surface area (Å²) in [6.07, 6.45) is 6.81. The molecule has 1 atom stereocenters. The number of esters is 1. The molecule has 1 saturated carbocycles. The first-order valence-corrected chi connectivity index (χ1v) is 5.84. The van der Waals surface area contributed by atoms with Gasteiger partial charge in [-0.2, -0.15) is 5.26 Å². The predicted octanol–water partition coefficient (Wildman–Crippen LogP) is 2.66. The Bertz CT molecular complexity index is 238. The molecule has 3 nitrogen and oxygen atoms in total. The molecule has 1 aliphatic carbocycles. The molecule has 3 heteroatoms. The molecule has 1 aliphatic rings. The van der Waals surface area contributed by atoms with E-state index in [-0.39, 0.29) is 5.97 Å². The highest BCUT2D eigenvalue weighted by Crippen LogP contribution is 2.29. The summed E-state index contributed by atoms with van der Waals surface area (Å²) in [6.45, 7) is 2.13. The predicted molar refractivity (Wildman–Crippen MR) is 56.9 cm³/mol. The molecule has 0 spiro atoms. The largest absolute Gasteiger partial charge is 0.465 e. The maximum Gasteiger partial charge on any atom is 0.323 e. The van der Waals surface area contributed by atoms with Crippen LogP contribution in [0.25, 0.3) is 0 Å². The van der Waals surface area contributed by atoms with Crippen molar-refractivity contribution in [3.63, 3.8) is 0 Å². The number of nitrogens with zero attached hydrogens (tertiary/aromatic N) is 1. The van der Waals surface area contributed by atoms with Crippen molar-refractivity contribution in [1.29, 1.82) is 5.26 Å². The monoisotopic (exact) mass is 209 g/mol. The van der Waals surface area contributed by atoms with Gasteiger partial charge in [0.2, 0.25) is 0 Å². The van der Waals surface area contributed by atoms with Gasteiger partial charge in [0.1, 0.15) is 5.92 Å². The van der Waals surface area contributed by atoms with Gasteiger partial charge in [0, 0.05) is 0 Å². The lowest BCUT2D eigenvalue weighted by Gasteiger charge is -2.11. The summed E-state index contributed by atoms with van der Waals surface area (Å²) >= 11 is 0. The van der Waals surface area contributed by atoms with E-state index in [4.69, 9.17) is 10.00 Å². The van der Waals surface area contributed by atoms with E-state index in [0.29, 0.717) is 13.0 Å². The van der Waals surface area contributed by atoms with E-state index < -0.39 is 5.92 Å². The molecule has 0 N–H and O–H groups in total. The van der Waals surface area contributed by atoms with Crippen molar-refractivity contribution in [2.24, 2.45) is 11.8 Å². The molecule has 84 valence electrons. The lowest BCUT2D eigenvalue weighted by molar-refractivity contribution is -0.146. The van der Waals surface area contributed by atoms with Crippen LogP contribution in [0.15, 0.2) is 0 Å². The number of hydrogen-bond acceptors (Lipinski definition) is 3. The Morgan fingerprint density at radius 2 is 2.20 bits per heavy atom. The second-order valence-electron chi connectivity index (χ2n) is 4.16.